The fourth-order valence-electron chi connectivity index (χ4n) is 4.05. The van der Waals surface area contributed by atoms with Crippen molar-refractivity contribution in [1.82, 2.24) is 4.90 Å². The summed E-state index contributed by atoms with van der Waals surface area (Å²) in [7, 11) is 1.60. The second-order valence-corrected chi connectivity index (χ2v) is 8.82. The summed E-state index contributed by atoms with van der Waals surface area (Å²) in [4.78, 5) is 29.0. The van der Waals surface area contributed by atoms with E-state index in [9.17, 15) is 14.0 Å². The fraction of sp³-hybridized carbons (Fsp3) is 0.391. The van der Waals surface area contributed by atoms with Crippen LogP contribution in [0.15, 0.2) is 42.5 Å². The maximum absolute atomic E-state index is 14.1. The molecule has 0 atom stereocenters. The van der Waals surface area contributed by atoms with E-state index in [4.69, 9.17) is 9.47 Å². The first-order valence-electron chi connectivity index (χ1n) is 9.86. The van der Waals surface area contributed by atoms with E-state index >= 15 is 0 Å². The Kier molecular flexibility index (Phi) is 4.71. The van der Waals surface area contributed by atoms with Crippen molar-refractivity contribution in [3.8, 4) is 5.75 Å². The minimum absolute atomic E-state index is 0.126. The highest BCUT2D eigenvalue weighted by atomic mass is 19.1. The van der Waals surface area contributed by atoms with Crippen LogP contribution < -0.4 is 9.64 Å². The molecule has 2 aromatic rings. The number of anilines is 1. The number of methoxy groups -OCH3 is 1. The number of benzene rings is 2. The summed E-state index contributed by atoms with van der Waals surface area (Å²) in [5.74, 6) is 0.208. The molecule has 2 aliphatic heterocycles. The summed E-state index contributed by atoms with van der Waals surface area (Å²) >= 11 is 0. The molecule has 2 amide bonds. The smallest absolute Gasteiger partial charge is 0.410 e. The number of amides is 2. The van der Waals surface area contributed by atoms with E-state index in [1.54, 1.807) is 38.8 Å². The maximum atomic E-state index is 14.1. The summed E-state index contributed by atoms with van der Waals surface area (Å²) in [6.45, 7) is 6.09. The summed E-state index contributed by atoms with van der Waals surface area (Å²) in [5.41, 5.74) is 0.687. The Bertz CT molecular complexity index is 991. The molecule has 0 radical (unpaired) electrons. The van der Waals surface area contributed by atoms with Gasteiger partial charge >= 0.3 is 6.09 Å². The third kappa shape index (κ3) is 3.38. The van der Waals surface area contributed by atoms with E-state index in [1.807, 2.05) is 24.3 Å². The quantitative estimate of drug-likeness (QED) is 0.768. The number of fused-ring (bicyclic) bond motifs is 2. The second kappa shape index (κ2) is 7.00. The number of hydrogen-bond donors (Lipinski definition) is 0. The lowest BCUT2D eigenvalue weighted by molar-refractivity contribution is -0.129. The Balaban J connectivity index is 1.60. The van der Waals surface area contributed by atoms with Crippen LogP contribution in [0.4, 0.5) is 14.9 Å². The molecule has 2 heterocycles. The van der Waals surface area contributed by atoms with Crippen LogP contribution in [-0.4, -0.2) is 42.7 Å². The van der Waals surface area contributed by atoms with Gasteiger partial charge < -0.3 is 19.3 Å². The molecule has 0 aromatic heterocycles. The van der Waals surface area contributed by atoms with E-state index in [2.05, 4.69) is 0 Å². The highest BCUT2D eigenvalue weighted by molar-refractivity contribution is 6.09. The molecule has 0 bridgehead atoms. The molecule has 0 aliphatic carbocycles. The van der Waals surface area contributed by atoms with Gasteiger partial charge in [-0.1, -0.05) is 12.1 Å². The number of likely N-dealkylation sites (tertiary alicyclic amines) is 1. The standard InChI is InChI=1S/C23H25FN2O4/c1-22(2,3)30-21(28)25-13-23(14-25)18-11-16(24)7-10-19(18)26(20(23)27)12-15-5-8-17(29-4)9-6-15/h5-11H,12-14H2,1-4H3. The summed E-state index contributed by atoms with van der Waals surface area (Å²) < 4.78 is 24.7. The van der Waals surface area contributed by atoms with Gasteiger partial charge in [-0.3, -0.25) is 4.79 Å². The Labute approximate surface area is 175 Å². The van der Waals surface area contributed by atoms with Gasteiger partial charge in [-0.2, -0.15) is 0 Å². The molecule has 6 nitrogen and oxygen atoms in total. The lowest BCUT2D eigenvalue weighted by Gasteiger charge is -2.46. The Morgan fingerprint density at radius 1 is 1.13 bits per heavy atom. The highest BCUT2D eigenvalue weighted by Crippen LogP contribution is 2.48. The van der Waals surface area contributed by atoms with Gasteiger partial charge in [-0.05, 0) is 62.2 Å². The molecule has 1 spiro atoms. The number of carbonyl (C=O) groups is 2. The zero-order valence-electron chi connectivity index (χ0n) is 17.6. The minimum atomic E-state index is -0.930. The molecular formula is C23H25FN2O4. The fourth-order valence-corrected chi connectivity index (χ4v) is 4.05. The van der Waals surface area contributed by atoms with E-state index in [1.165, 1.54) is 17.0 Å². The van der Waals surface area contributed by atoms with E-state index in [0.29, 0.717) is 17.8 Å². The lowest BCUT2D eigenvalue weighted by atomic mass is 9.75. The number of ether oxygens (including phenoxy) is 2. The molecule has 30 heavy (non-hydrogen) atoms. The summed E-state index contributed by atoms with van der Waals surface area (Å²) in [6.07, 6.45) is -0.465. The largest absolute Gasteiger partial charge is 0.497 e. The van der Waals surface area contributed by atoms with Crippen LogP contribution in [0.3, 0.4) is 0 Å². The van der Waals surface area contributed by atoms with Gasteiger partial charge in [-0.15, -0.1) is 0 Å². The molecule has 2 aliphatic rings. The van der Waals surface area contributed by atoms with Crippen LogP contribution in [-0.2, 0) is 21.5 Å². The molecule has 1 fully saturated rings. The van der Waals surface area contributed by atoms with Crippen molar-refractivity contribution < 1.29 is 23.5 Å². The maximum Gasteiger partial charge on any atom is 0.410 e. The zero-order valence-corrected chi connectivity index (χ0v) is 17.6. The van der Waals surface area contributed by atoms with Crippen molar-refractivity contribution in [3.05, 3.63) is 59.4 Å². The average molecular weight is 412 g/mol. The molecule has 4 rings (SSSR count). The van der Waals surface area contributed by atoms with Crippen LogP contribution in [0.5, 0.6) is 5.75 Å². The molecule has 7 heteroatoms. The van der Waals surface area contributed by atoms with Crippen molar-refractivity contribution in [2.24, 2.45) is 0 Å². The lowest BCUT2D eigenvalue weighted by Crippen LogP contribution is -2.65. The van der Waals surface area contributed by atoms with Crippen molar-refractivity contribution >= 4 is 17.7 Å². The monoisotopic (exact) mass is 412 g/mol. The third-order valence-corrected chi connectivity index (χ3v) is 5.49. The van der Waals surface area contributed by atoms with Crippen LogP contribution >= 0.6 is 0 Å². The second-order valence-electron chi connectivity index (χ2n) is 8.82. The number of hydrogen-bond acceptors (Lipinski definition) is 4. The van der Waals surface area contributed by atoms with E-state index in [0.717, 1.165) is 11.3 Å². The zero-order chi connectivity index (χ0) is 21.7. The van der Waals surface area contributed by atoms with Crippen LogP contribution in [0.25, 0.3) is 0 Å². The van der Waals surface area contributed by atoms with Gasteiger partial charge in [0.2, 0.25) is 5.91 Å². The van der Waals surface area contributed by atoms with Gasteiger partial charge in [-0.25, -0.2) is 9.18 Å². The number of nitrogens with zero attached hydrogens (tertiary/aromatic N) is 2. The van der Waals surface area contributed by atoms with Crippen molar-refractivity contribution in [1.29, 1.82) is 0 Å². The van der Waals surface area contributed by atoms with E-state index in [-0.39, 0.29) is 19.0 Å². The molecule has 0 N–H and O–H groups in total. The molecule has 0 unspecified atom stereocenters. The number of rotatable bonds is 3. The SMILES string of the molecule is COc1ccc(CN2C(=O)C3(CN(C(=O)OC(C)(C)C)C3)c3cc(F)ccc32)cc1. The summed E-state index contributed by atoms with van der Waals surface area (Å²) in [5, 5.41) is 0. The molecule has 158 valence electrons. The molecule has 1 saturated heterocycles. The number of carbonyl (C=O) groups excluding carboxylic acids is 2. The molecule has 2 aromatic carbocycles. The van der Waals surface area contributed by atoms with Crippen molar-refractivity contribution in [3.63, 3.8) is 0 Å². The Morgan fingerprint density at radius 3 is 2.40 bits per heavy atom. The van der Waals surface area contributed by atoms with Crippen LogP contribution in [0, 0.1) is 5.82 Å². The van der Waals surface area contributed by atoms with Gasteiger partial charge in [0, 0.05) is 18.8 Å². The van der Waals surface area contributed by atoms with E-state index < -0.39 is 22.9 Å². The first kappa shape index (κ1) is 20.2. The van der Waals surface area contributed by atoms with Crippen molar-refractivity contribution in [2.45, 2.75) is 38.3 Å². The van der Waals surface area contributed by atoms with Crippen LogP contribution in [0.1, 0.15) is 31.9 Å². The summed E-state index contributed by atoms with van der Waals surface area (Å²) in [6, 6.07) is 11.9. The predicted octanol–water partition coefficient (Wildman–Crippen LogP) is 3.87. The van der Waals surface area contributed by atoms with Gasteiger partial charge in [0.25, 0.3) is 0 Å². The van der Waals surface area contributed by atoms with Gasteiger partial charge in [0.1, 0.15) is 22.6 Å². The topological polar surface area (TPSA) is 59.1 Å². The van der Waals surface area contributed by atoms with Gasteiger partial charge in [0.15, 0.2) is 0 Å². The third-order valence-electron chi connectivity index (χ3n) is 5.49. The van der Waals surface area contributed by atoms with Gasteiger partial charge in [0.05, 0.1) is 13.7 Å². The molecular weight excluding hydrogens is 387 g/mol. The Hall–Kier alpha value is -3.09. The minimum Gasteiger partial charge on any atom is -0.497 e. The van der Waals surface area contributed by atoms with Crippen molar-refractivity contribution in [2.75, 3.05) is 25.1 Å². The van der Waals surface area contributed by atoms with Crippen LogP contribution in [0.2, 0.25) is 0 Å². The number of halogens is 1. The molecule has 0 saturated carbocycles. The first-order chi connectivity index (χ1) is 14.1. The average Bonchev–Trinajstić information content (AvgIpc) is 2.87. The Morgan fingerprint density at radius 2 is 1.80 bits per heavy atom. The predicted molar refractivity (Wildman–Crippen MR) is 110 cm³/mol. The highest BCUT2D eigenvalue weighted by Gasteiger charge is 2.59. The first-order valence-corrected chi connectivity index (χ1v) is 9.86. The normalized spacial score (nSPS) is 17.0.